The molecule has 0 saturated carbocycles. The predicted octanol–water partition coefficient (Wildman–Crippen LogP) is 2.56. The number of nitrogens with one attached hydrogen (secondary N) is 1. The highest BCUT2D eigenvalue weighted by Gasteiger charge is 2.27. The maximum Gasteiger partial charge on any atom is 0.353 e. The van der Waals surface area contributed by atoms with Crippen LogP contribution in [0.4, 0.5) is 10.5 Å². The molecule has 0 saturated heterocycles. The summed E-state index contributed by atoms with van der Waals surface area (Å²) >= 11 is 0. The highest BCUT2D eigenvalue weighted by Crippen LogP contribution is 2.38. The Morgan fingerprint density at radius 1 is 1.20 bits per heavy atom. The van der Waals surface area contributed by atoms with E-state index in [2.05, 4.69) is 15.7 Å². The van der Waals surface area contributed by atoms with Gasteiger partial charge in [-0.3, -0.25) is 4.79 Å². The van der Waals surface area contributed by atoms with E-state index in [1.165, 1.54) is 28.5 Å². The number of hydrogen-bond donors (Lipinski definition) is 2. The van der Waals surface area contributed by atoms with Crippen molar-refractivity contribution in [2.24, 2.45) is 10.1 Å². The Bertz CT molecular complexity index is 821. The summed E-state index contributed by atoms with van der Waals surface area (Å²) in [6.45, 7) is 1.71. The van der Waals surface area contributed by atoms with E-state index < -0.39 is 26.9 Å². The van der Waals surface area contributed by atoms with Crippen LogP contribution in [0.15, 0.2) is 10.4 Å². The molecule has 0 aromatic heterocycles. The number of fused-ring (bicyclic) bond motifs is 2. The van der Waals surface area contributed by atoms with Gasteiger partial charge in [0.1, 0.15) is 5.25 Å². The van der Waals surface area contributed by atoms with Crippen LogP contribution in [-0.4, -0.2) is 27.7 Å². The number of nitrogens with zero attached hydrogens (tertiary/aromatic N) is 1. The molecule has 7 heteroatoms. The Morgan fingerprint density at radius 2 is 1.76 bits per heavy atom. The lowest BCUT2D eigenvalue weighted by molar-refractivity contribution is -0.117. The first-order chi connectivity index (χ1) is 11.8. The first kappa shape index (κ1) is 17.9. The van der Waals surface area contributed by atoms with Crippen molar-refractivity contribution in [3.63, 3.8) is 0 Å². The molecule has 136 valence electrons. The minimum absolute atomic E-state index is 0.289. The lowest BCUT2D eigenvalue weighted by atomic mass is 9.99. The van der Waals surface area contributed by atoms with Crippen LogP contribution in [0.2, 0.25) is 0 Å². The van der Waals surface area contributed by atoms with Gasteiger partial charge in [0, 0.05) is 11.9 Å². The van der Waals surface area contributed by atoms with Crippen LogP contribution in [0.1, 0.15) is 48.4 Å². The molecule has 6 nitrogen and oxygen atoms in total. The Morgan fingerprint density at radius 3 is 2.24 bits per heavy atom. The van der Waals surface area contributed by atoms with E-state index >= 15 is 0 Å². The normalized spacial score (nSPS) is 18.8. The molecular weight excluding hydrogens is 338 g/mol. The van der Waals surface area contributed by atoms with Crippen molar-refractivity contribution in [2.45, 2.75) is 57.1 Å². The number of anilines is 1. The van der Waals surface area contributed by atoms with Gasteiger partial charge in [0.25, 0.3) is 0 Å². The lowest BCUT2D eigenvalue weighted by Crippen LogP contribution is -2.35. The third-order valence-corrected chi connectivity index (χ3v) is 7.33. The van der Waals surface area contributed by atoms with E-state index in [4.69, 9.17) is 5.73 Å². The van der Waals surface area contributed by atoms with Gasteiger partial charge in [0.05, 0.1) is 9.73 Å². The van der Waals surface area contributed by atoms with Crippen LogP contribution in [0.3, 0.4) is 0 Å². The Hall–Kier alpha value is -1.89. The van der Waals surface area contributed by atoms with Crippen LogP contribution >= 0.6 is 0 Å². The van der Waals surface area contributed by atoms with E-state index in [1.807, 2.05) is 0 Å². The van der Waals surface area contributed by atoms with Crippen LogP contribution in [-0.2, 0) is 40.2 Å². The molecule has 3 N–H and O–H groups in total. The molecule has 0 aliphatic heterocycles. The van der Waals surface area contributed by atoms with Crippen LogP contribution in [0.25, 0.3) is 0 Å². The van der Waals surface area contributed by atoms with Crippen molar-refractivity contribution < 1.29 is 13.8 Å². The largest absolute Gasteiger partial charge is 0.369 e. The molecule has 0 bridgehead atoms. The number of aryl methyl sites for hydroxylation is 2. The van der Waals surface area contributed by atoms with Gasteiger partial charge in [-0.25, -0.2) is 9.00 Å². The fourth-order valence-corrected chi connectivity index (χ4v) is 5.60. The van der Waals surface area contributed by atoms with E-state index in [9.17, 15) is 13.8 Å². The SMILES string of the molecule is CCC(C(N)=O)S(C)(=O)=NC(=O)Nc1c2c(cc3c1CCC3)CCC2. The van der Waals surface area contributed by atoms with Gasteiger partial charge in [-0.15, -0.1) is 4.36 Å². The highest BCUT2D eigenvalue weighted by molar-refractivity contribution is 7.94. The second kappa shape index (κ2) is 6.78. The number of benzene rings is 1. The Balaban J connectivity index is 1.94. The fourth-order valence-electron chi connectivity index (χ4n) is 4.05. The number of carbonyl (C=O) groups excluding carboxylic acids is 2. The molecule has 3 amide bonds. The van der Waals surface area contributed by atoms with Crippen LogP contribution in [0, 0.1) is 0 Å². The first-order valence-electron chi connectivity index (χ1n) is 8.81. The molecule has 1 aromatic carbocycles. The first-order valence-corrected chi connectivity index (χ1v) is 10.8. The van der Waals surface area contributed by atoms with Crippen molar-refractivity contribution in [3.05, 3.63) is 28.3 Å². The number of hydrogen-bond acceptors (Lipinski definition) is 3. The van der Waals surface area contributed by atoms with Gasteiger partial charge in [0.15, 0.2) is 0 Å². The molecule has 0 radical (unpaired) electrons. The molecule has 2 aliphatic rings. The van der Waals surface area contributed by atoms with Crippen molar-refractivity contribution in [2.75, 3.05) is 11.6 Å². The minimum Gasteiger partial charge on any atom is -0.369 e. The molecule has 1 aromatic rings. The standard InChI is InChI=1S/C18H25N3O3S/c1-3-15(17(19)22)25(2,24)21-18(23)20-16-13-8-4-6-11(13)10-12-7-5-9-14(12)16/h10,15H,3-9H2,1-2H3,(H2,19,22)(H,20,23). The molecular formula is C18H25N3O3S. The number of amides is 3. The Kier molecular flexibility index (Phi) is 4.86. The zero-order valence-electron chi connectivity index (χ0n) is 14.8. The average Bonchev–Trinajstić information content (AvgIpc) is 3.14. The summed E-state index contributed by atoms with van der Waals surface area (Å²) in [5.41, 5.74) is 11.1. The molecule has 2 atom stereocenters. The van der Waals surface area contributed by atoms with Crippen molar-refractivity contribution in [1.29, 1.82) is 0 Å². The van der Waals surface area contributed by atoms with Gasteiger partial charge in [-0.2, -0.15) is 0 Å². The molecule has 2 aliphatic carbocycles. The number of rotatable bonds is 4. The number of carbonyl (C=O) groups is 2. The van der Waals surface area contributed by atoms with Crippen molar-refractivity contribution in [1.82, 2.24) is 0 Å². The summed E-state index contributed by atoms with van der Waals surface area (Å²) in [5, 5.41) is 1.95. The summed E-state index contributed by atoms with van der Waals surface area (Å²) in [5.74, 6) is -0.687. The topological polar surface area (TPSA) is 102 Å². The van der Waals surface area contributed by atoms with E-state index in [0.717, 1.165) is 44.2 Å². The smallest absolute Gasteiger partial charge is 0.353 e. The van der Waals surface area contributed by atoms with Gasteiger partial charge in [-0.05, 0) is 67.2 Å². The fraction of sp³-hybridized carbons (Fsp3) is 0.556. The molecule has 25 heavy (non-hydrogen) atoms. The summed E-state index contributed by atoms with van der Waals surface area (Å²) in [6.07, 6.45) is 7.74. The van der Waals surface area contributed by atoms with Gasteiger partial charge < -0.3 is 11.1 Å². The quantitative estimate of drug-likeness (QED) is 0.859. The third-order valence-electron chi connectivity index (χ3n) is 5.19. The number of primary amides is 1. The van der Waals surface area contributed by atoms with Crippen LogP contribution < -0.4 is 11.1 Å². The molecule has 0 spiro atoms. The van der Waals surface area contributed by atoms with Gasteiger partial charge in [0.2, 0.25) is 5.91 Å². The number of urea groups is 1. The second-order valence-corrected chi connectivity index (χ2v) is 9.39. The van der Waals surface area contributed by atoms with Crippen LogP contribution in [0.5, 0.6) is 0 Å². The van der Waals surface area contributed by atoms with E-state index in [0.29, 0.717) is 0 Å². The Labute approximate surface area is 148 Å². The van der Waals surface area contributed by atoms with Gasteiger partial charge >= 0.3 is 6.03 Å². The predicted molar refractivity (Wildman–Crippen MR) is 99.3 cm³/mol. The molecule has 0 heterocycles. The maximum absolute atomic E-state index is 12.7. The zero-order chi connectivity index (χ0) is 18.2. The highest BCUT2D eigenvalue weighted by atomic mass is 32.2. The minimum atomic E-state index is -3.03. The zero-order valence-corrected chi connectivity index (χ0v) is 15.6. The lowest BCUT2D eigenvalue weighted by Gasteiger charge is -2.16. The molecule has 0 fully saturated rings. The third kappa shape index (κ3) is 3.42. The monoisotopic (exact) mass is 363 g/mol. The van der Waals surface area contributed by atoms with E-state index in [-0.39, 0.29) is 6.42 Å². The average molecular weight is 363 g/mol. The summed E-state index contributed by atoms with van der Waals surface area (Å²) in [4.78, 5) is 23.9. The van der Waals surface area contributed by atoms with E-state index in [1.54, 1.807) is 6.92 Å². The van der Waals surface area contributed by atoms with Crippen molar-refractivity contribution in [3.8, 4) is 0 Å². The summed E-state index contributed by atoms with van der Waals surface area (Å²) < 4.78 is 16.5. The van der Waals surface area contributed by atoms with Crippen molar-refractivity contribution >= 4 is 27.4 Å². The summed E-state index contributed by atoms with van der Waals surface area (Å²) in [7, 11) is -3.03. The molecule has 3 rings (SSSR count). The maximum atomic E-state index is 12.7. The summed E-state index contributed by atoms with van der Waals surface area (Å²) in [6, 6.07) is 1.63. The second-order valence-electron chi connectivity index (χ2n) is 6.92. The number of nitrogens with two attached hydrogens (primary N) is 1. The molecule has 2 unspecified atom stereocenters. The van der Waals surface area contributed by atoms with Gasteiger partial charge in [-0.1, -0.05) is 13.0 Å².